The molecule has 0 aliphatic carbocycles. The Bertz CT molecular complexity index is 1370. The molecule has 1 aromatic heterocycles. The van der Waals surface area contributed by atoms with Gasteiger partial charge in [-0.1, -0.05) is 12.1 Å². The van der Waals surface area contributed by atoms with Gasteiger partial charge in [0.2, 0.25) is 0 Å². The van der Waals surface area contributed by atoms with E-state index in [1.165, 1.54) is 37.5 Å². The molecule has 1 amide bonds. The maximum atomic E-state index is 14.5. The van der Waals surface area contributed by atoms with Crippen LogP contribution in [0.3, 0.4) is 0 Å². The Labute approximate surface area is 184 Å². The number of aromatic nitrogens is 1. The first-order valence-corrected chi connectivity index (χ1v) is 10.0. The predicted octanol–water partition coefficient (Wildman–Crippen LogP) is 1.58. The summed E-state index contributed by atoms with van der Waals surface area (Å²) in [6.45, 7) is 0.299. The lowest BCUT2D eigenvalue weighted by atomic mass is 10.2. The number of thiazole rings is 1. The number of amides is 1. The summed E-state index contributed by atoms with van der Waals surface area (Å²) < 4.78 is 46.8. The smallest absolute Gasteiger partial charge is 0.273 e. The molecule has 0 unspecified atom stereocenters. The van der Waals surface area contributed by atoms with Crippen molar-refractivity contribution in [1.29, 1.82) is 5.26 Å². The molecule has 0 saturated carbocycles. The molecule has 3 aromatic rings. The van der Waals surface area contributed by atoms with Crippen molar-refractivity contribution in [3.8, 4) is 11.8 Å². The number of rotatable bonds is 6. The van der Waals surface area contributed by atoms with Gasteiger partial charge in [0, 0.05) is 19.7 Å². The highest BCUT2D eigenvalue weighted by atomic mass is 32.1. The van der Waals surface area contributed by atoms with Crippen LogP contribution in [0.1, 0.15) is 5.56 Å². The predicted molar refractivity (Wildman–Crippen MR) is 113 cm³/mol. The Morgan fingerprint density at radius 2 is 1.88 bits per heavy atom. The Morgan fingerprint density at radius 3 is 2.50 bits per heavy atom. The number of hydrogen-bond acceptors (Lipinski definition) is 5. The first kappa shape index (κ1) is 23.0. The van der Waals surface area contributed by atoms with Crippen LogP contribution in [0.2, 0.25) is 0 Å². The maximum Gasteiger partial charge on any atom is 0.273 e. The van der Waals surface area contributed by atoms with E-state index in [1.54, 1.807) is 6.07 Å². The van der Waals surface area contributed by atoms with Gasteiger partial charge in [-0.3, -0.25) is 14.2 Å². The van der Waals surface area contributed by atoms with E-state index in [0.29, 0.717) is 11.6 Å². The van der Waals surface area contributed by atoms with Gasteiger partial charge in [0.1, 0.15) is 28.2 Å². The zero-order valence-corrected chi connectivity index (χ0v) is 17.5. The van der Waals surface area contributed by atoms with Crippen LogP contribution in [0.5, 0.6) is 0 Å². The number of carbonyl (C=O) groups excluding carboxylic acids is 1. The molecule has 0 radical (unpaired) electrons. The minimum Gasteiger partial charge on any atom is -0.383 e. The van der Waals surface area contributed by atoms with Crippen LogP contribution in [-0.2, 0) is 9.53 Å². The van der Waals surface area contributed by atoms with Crippen LogP contribution < -0.4 is 20.1 Å². The molecule has 164 valence electrons. The van der Waals surface area contributed by atoms with E-state index in [0.717, 1.165) is 28.0 Å². The highest BCUT2D eigenvalue weighted by molar-refractivity contribution is 7.07. The second-order valence-corrected chi connectivity index (χ2v) is 7.47. The Morgan fingerprint density at radius 1 is 1.19 bits per heavy atom. The number of hydrogen-bond donors (Lipinski definition) is 1. The number of nitrogens with one attached hydrogen (secondary N) is 1. The molecule has 32 heavy (non-hydrogen) atoms. The molecule has 2 aromatic carbocycles. The minimum atomic E-state index is -1.04. The summed E-state index contributed by atoms with van der Waals surface area (Å²) >= 11 is 0.782. The summed E-state index contributed by atoms with van der Waals surface area (Å²) in [5, 5.41) is 12.1. The van der Waals surface area contributed by atoms with Crippen molar-refractivity contribution in [2.24, 2.45) is 0 Å². The number of halogens is 3. The van der Waals surface area contributed by atoms with Crippen LogP contribution in [-0.4, -0.2) is 30.7 Å². The number of carbonyl (C=O) groups is 1. The lowest BCUT2D eigenvalue weighted by molar-refractivity contribution is -0.115. The lowest BCUT2D eigenvalue weighted by Crippen LogP contribution is -2.35. The number of ether oxygens (including phenoxy) is 1. The third kappa shape index (κ3) is 4.96. The average Bonchev–Trinajstić information content (AvgIpc) is 3.06. The third-order valence-corrected chi connectivity index (χ3v) is 5.38. The van der Waals surface area contributed by atoms with Gasteiger partial charge < -0.3 is 10.1 Å². The summed E-state index contributed by atoms with van der Waals surface area (Å²) in [5.74, 6) is -3.14. The summed E-state index contributed by atoms with van der Waals surface area (Å²) in [7, 11) is 1.44. The molecule has 0 aliphatic rings. The van der Waals surface area contributed by atoms with E-state index in [9.17, 15) is 28.0 Å². The van der Waals surface area contributed by atoms with Crippen molar-refractivity contribution in [2.45, 2.75) is 0 Å². The summed E-state index contributed by atoms with van der Waals surface area (Å²) in [6, 6.07) is 9.62. The fraction of sp³-hybridized carbons (Fsp3) is 0.136. The number of nitrogens with zero attached hydrogens (tertiary/aromatic N) is 2. The molecule has 0 fully saturated rings. The molecule has 1 N–H and O–H groups in total. The summed E-state index contributed by atoms with van der Waals surface area (Å²) in [4.78, 5) is 25.7. The van der Waals surface area contributed by atoms with Crippen molar-refractivity contribution >= 4 is 28.9 Å². The molecule has 6 nitrogen and oxygen atoms in total. The normalized spacial score (nSPS) is 12.4. The number of benzene rings is 2. The maximum absolute atomic E-state index is 14.5. The summed E-state index contributed by atoms with van der Waals surface area (Å²) in [5.41, 5.74) is -0.993. The van der Waals surface area contributed by atoms with E-state index in [-0.39, 0.29) is 28.0 Å². The van der Waals surface area contributed by atoms with Crippen molar-refractivity contribution in [2.75, 3.05) is 20.3 Å². The number of methoxy groups -OCH3 is 1. The first-order chi connectivity index (χ1) is 15.3. The van der Waals surface area contributed by atoms with Crippen LogP contribution in [0, 0.1) is 28.8 Å². The van der Waals surface area contributed by atoms with Crippen molar-refractivity contribution < 1.29 is 22.7 Å². The SMILES string of the molecule is COCCNC(=O)/C(C#N)=c1\s/c(=C\c2ccc(F)cc2)c(=O)n1-c1ccc(F)cc1F. The average molecular weight is 459 g/mol. The molecule has 3 rings (SSSR count). The molecule has 0 bridgehead atoms. The monoisotopic (exact) mass is 459 g/mol. The van der Waals surface area contributed by atoms with E-state index in [4.69, 9.17) is 4.74 Å². The largest absolute Gasteiger partial charge is 0.383 e. The van der Waals surface area contributed by atoms with Gasteiger partial charge in [-0.05, 0) is 35.9 Å². The Kier molecular flexibility index (Phi) is 7.25. The van der Waals surface area contributed by atoms with Crippen LogP contribution >= 0.6 is 11.3 Å². The van der Waals surface area contributed by atoms with E-state index < -0.39 is 34.5 Å². The van der Waals surface area contributed by atoms with Gasteiger partial charge in [-0.25, -0.2) is 13.2 Å². The van der Waals surface area contributed by atoms with Crippen molar-refractivity contribution in [3.63, 3.8) is 0 Å². The Hall–Kier alpha value is -3.68. The highest BCUT2D eigenvalue weighted by Crippen LogP contribution is 2.12. The van der Waals surface area contributed by atoms with E-state index >= 15 is 0 Å². The van der Waals surface area contributed by atoms with Crippen molar-refractivity contribution in [1.82, 2.24) is 9.88 Å². The molecule has 1 heterocycles. The van der Waals surface area contributed by atoms with Gasteiger partial charge in [0.25, 0.3) is 11.5 Å². The second-order valence-electron chi connectivity index (χ2n) is 6.44. The van der Waals surface area contributed by atoms with Gasteiger partial charge in [0.05, 0.1) is 16.8 Å². The molecular formula is C22H16F3N3O3S. The lowest BCUT2D eigenvalue weighted by Gasteiger charge is -2.06. The van der Waals surface area contributed by atoms with Gasteiger partial charge in [0.15, 0.2) is 5.57 Å². The minimum absolute atomic E-state index is 0.0628. The van der Waals surface area contributed by atoms with E-state index in [2.05, 4.69) is 5.32 Å². The van der Waals surface area contributed by atoms with E-state index in [1.807, 2.05) is 0 Å². The molecule has 10 heteroatoms. The third-order valence-electron chi connectivity index (χ3n) is 4.29. The summed E-state index contributed by atoms with van der Waals surface area (Å²) in [6.07, 6.45) is 1.42. The Balaban J connectivity index is 2.32. The van der Waals surface area contributed by atoms with Crippen LogP contribution in [0.15, 0.2) is 47.3 Å². The van der Waals surface area contributed by atoms with Crippen molar-refractivity contribution in [3.05, 3.63) is 85.0 Å². The molecule has 0 spiro atoms. The quantitative estimate of drug-likeness (QED) is 0.568. The zero-order chi connectivity index (χ0) is 23.3. The molecule has 0 atom stereocenters. The van der Waals surface area contributed by atoms with Crippen LogP contribution in [0.4, 0.5) is 13.2 Å². The zero-order valence-electron chi connectivity index (χ0n) is 16.7. The molecular weight excluding hydrogens is 443 g/mol. The van der Waals surface area contributed by atoms with Gasteiger partial charge in [-0.2, -0.15) is 5.26 Å². The number of nitriles is 1. The fourth-order valence-corrected chi connectivity index (χ4v) is 3.89. The molecule has 0 aliphatic heterocycles. The van der Waals surface area contributed by atoms with Gasteiger partial charge >= 0.3 is 0 Å². The second kappa shape index (κ2) is 10.1. The first-order valence-electron chi connectivity index (χ1n) is 9.22. The topological polar surface area (TPSA) is 84.1 Å². The van der Waals surface area contributed by atoms with Crippen LogP contribution in [0.25, 0.3) is 17.3 Å². The standard InChI is InChI=1S/C22H16F3N3O3S/c1-31-9-8-27-20(29)16(12-26)22-28(18-7-6-15(24)11-17(18)25)21(30)19(32-22)10-13-2-4-14(23)5-3-13/h2-7,10-11H,8-9H2,1H3,(H,27,29)/b19-10-,22-16-. The molecule has 0 saturated heterocycles. The highest BCUT2D eigenvalue weighted by Gasteiger charge is 2.19. The fourth-order valence-electron chi connectivity index (χ4n) is 2.79. The van der Waals surface area contributed by atoms with Gasteiger partial charge in [-0.15, -0.1) is 11.3 Å².